The first-order valence-electron chi connectivity index (χ1n) is 7.79. The third-order valence-corrected chi connectivity index (χ3v) is 3.79. The van der Waals surface area contributed by atoms with Gasteiger partial charge in [0, 0.05) is 18.9 Å². The average Bonchev–Trinajstić information content (AvgIpc) is 2.61. The van der Waals surface area contributed by atoms with Crippen LogP contribution in [0.1, 0.15) is 25.6 Å². The normalized spacial score (nSPS) is 12.8. The van der Waals surface area contributed by atoms with E-state index >= 15 is 0 Å². The fourth-order valence-electron chi connectivity index (χ4n) is 2.26. The van der Waals surface area contributed by atoms with Crippen molar-refractivity contribution in [3.63, 3.8) is 0 Å². The number of rotatable bonds is 5. The molecular weight excluding hydrogens is 304 g/mol. The largest absolute Gasteiger partial charge is 0.336 e. The van der Waals surface area contributed by atoms with E-state index in [-0.39, 0.29) is 11.9 Å². The highest BCUT2D eigenvalue weighted by molar-refractivity contribution is 5.93. The minimum Gasteiger partial charge on any atom is -0.336 e. The Hall–Kier alpha value is -2.89. The Morgan fingerprint density at radius 3 is 2.33 bits per heavy atom. The number of urea groups is 1. The van der Waals surface area contributed by atoms with Gasteiger partial charge in [0.05, 0.1) is 11.7 Å². The van der Waals surface area contributed by atoms with E-state index < -0.39 is 12.1 Å². The lowest BCUT2D eigenvalue weighted by Gasteiger charge is -2.27. The lowest BCUT2D eigenvalue weighted by molar-refractivity contribution is -0.133. The molecule has 1 aromatic carbocycles. The predicted octanol–water partition coefficient (Wildman–Crippen LogP) is 2.81. The first kappa shape index (κ1) is 17.5. The van der Waals surface area contributed by atoms with Gasteiger partial charge in [0.2, 0.25) is 5.91 Å². The molecular formula is C18H22N4O2. The Bertz CT molecular complexity index is 676. The number of hydrogen-bond donors (Lipinski definition) is 2. The fourth-order valence-corrected chi connectivity index (χ4v) is 2.26. The summed E-state index contributed by atoms with van der Waals surface area (Å²) in [5, 5.41) is 5.35. The molecule has 0 saturated heterocycles. The Kier molecular flexibility index (Phi) is 5.89. The summed E-state index contributed by atoms with van der Waals surface area (Å²) in [6.45, 7) is 3.56. The topological polar surface area (TPSA) is 74.3 Å². The van der Waals surface area contributed by atoms with E-state index in [0.29, 0.717) is 5.69 Å². The zero-order valence-electron chi connectivity index (χ0n) is 14.1. The predicted molar refractivity (Wildman–Crippen MR) is 93.5 cm³/mol. The summed E-state index contributed by atoms with van der Waals surface area (Å²) < 4.78 is 0. The summed E-state index contributed by atoms with van der Waals surface area (Å²) in [4.78, 5) is 30.3. The van der Waals surface area contributed by atoms with Gasteiger partial charge < -0.3 is 15.5 Å². The van der Waals surface area contributed by atoms with Crippen molar-refractivity contribution in [3.05, 3.63) is 60.4 Å². The van der Waals surface area contributed by atoms with Crippen LogP contribution in [0.15, 0.2) is 54.7 Å². The van der Waals surface area contributed by atoms with Crippen molar-refractivity contribution in [1.82, 2.24) is 15.2 Å². The zero-order chi connectivity index (χ0) is 17.5. The number of nitrogens with zero attached hydrogens (tertiary/aromatic N) is 2. The second-order valence-electron chi connectivity index (χ2n) is 5.57. The molecule has 0 aliphatic carbocycles. The quantitative estimate of drug-likeness (QED) is 0.887. The van der Waals surface area contributed by atoms with E-state index in [1.807, 2.05) is 43.3 Å². The van der Waals surface area contributed by atoms with Crippen LogP contribution >= 0.6 is 0 Å². The number of hydrogen-bond acceptors (Lipinski definition) is 3. The minimum atomic E-state index is -0.648. The maximum Gasteiger partial charge on any atom is 0.319 e. The molecule has 0 saturated carbocycles. The number of nitrogens with one attached hydrogen (secondary N) is 2. The lowest BCUT2D eigenvalue weighted by Crippen LogP contribution is -2.47. The maximum absolute atomic E-state index is 12.5. The molecule has 2 rings (SSSR count). The molecule has 126 valence electrons. The van der Waals surface area contributed by atoms with Gasteiger partial charge in [0.15, 0.2) is 0 Å². The van der Waals surface area contributed by atoms with Crippen LogP contribution in [0, 0.1) is 0 Å². The Morgan fingerprint density at radius 1 is 1.04 bits per heavy atom. The van der Waals surface area contributed by atoms with Crippen LogP contribution < -0.4 is 10.6 Å². The highest BCUT2D eigenvalue weighted by Gasteiger charge is 2.24. The van der Waals surface area contributed by atoms with Crippen LogP contribution in [0.25, 0.3) is 0 Å². The molecule has 0 bridgehead atoms. The van der Waals surface area contributed by atoms with Gasteiger partial charge in [-0.3, -0.25) is 9.78 Å². The number of anilines is 1. The third kappa shape index (κ3) is 4.55. The Balaban J connectivity index is 1.92. The number of likely N-dealkylation sites (N-methyl/N-ethyl adjacent to an activating group) is 1. The summed E-state index contributed by atoms with van der Waals surface area (Å²) in [6, 6.07) is 13.4. The van der Waals surface area contributed by atoms with E-state index in [9.17, 15) is 9.59 Å². The van der Waals surface area contributed by atoms with Crippen molar-refractivity contribution in [1.29, 1.82) is 0 Å². The molecule has 0 fully saturated rings. The van der Waals surface area contributed by atoms with Gasteiger partial charge in [-0.2, -0.15) is 0 Å². The molecule has 1 aromatic heterocycles. The molecule has 6 heteroatoms. The highest BCUT2D eigenvalue weighted by atomic mass is 16.2. The Labute approximate surface area is 141 Å². The molecule has 0 aliphatic rings. The summed E-state index contributed by atoms with van der Waals surface area (Å²) in [5.74, 6) is -0.184. The molecule has 6 nitrogen and oxygen atoms in total. The lowest BCUT2D eigenvalue weighted by atomic mass is 10.1. The van der Waals surface area contributed by atoms with E-state index in [0.717, 1.165) is 5.69 Å². The van der Waals surface area contributed by atoms with Crippen molar-refractivity contribution in [2.45, 2.75) is 25.9 Å². The first-order chi connectivity index (χ1) is 11.5. The zero-order valence-corrected chi connectivity index (χ0v) is 14.1. The van der Waals surface area contributed by atoms with Crippen LogP contribution in [0.4, 0.5) is 10.5 Å². The van der Waals surface area contributed by atoms with Crippen LogP contribution in [-0.4, -0.2) is 34.9 Å². The molecule has 0 aliphatic heterocycles. The van der Waals surface area contributed by atoms with Gasteiger partial charge in [-0.15, -0.1) is 0 Å². The van der Waals surface area contributed by atoms with Crippen molar-refractivity contribution >= 4 is 17.6 Å². The van der Waals surface area contributed by atoms with Crippen LogP contribution in [-0.2, 0) is 4.79 Å². The number of para-hydroxylation sites is 1. The SMILES string of the molecule is C[C@H](NC(=O)Nc1ccccc1)C(=O)N(C)[C@@H](C)c1ccccn1. The third-order valence-electron chi connectivity index (χ3n) is 3.79. The first-order valence-corrected chi connectivity index (χ1v) is 7.79. The standard InChI is InChI=1S/C18H22N4O2/c1-13(20-18(24)21-15-9-5-4-6-10-15)17(23)22(3)14(2)16-11-7-8-12-19-16/h4-14H,1-3H3,(H2,20,21,24)/t13-,14-/m0/s1. The van der Waals surface area contributed by atoms with Gasteiger partial charge in [-0.25, -0.2) is 4.79 Å². The summed E-state index contributed by atoms with van der Waals surface area (Å²) >= 11 is 0. The van der Waals surface area contributed by atoms with Gasteiger partial charge in [0.1, 0.15) is 6.04 Å². The van der Waals surface area contributed by atoms with Gasteiger partial charge in [0.25, 0.3) is 0 Å². The molecule has 2 aromatic rings. The van der Waals surface area contributed by atoms with Crippen LogP contribution in [0.2, 0.25) is 0 Å². The molecule has 0 spiro atoms. The smallest absolute Gasteiger partial charge is 0.319 e. The molecule has 0 unspecified atom stereocenters. The molecule has 2 N–H and O–H groups in total. The van der Waals surface area contributed by atoms with Crippen molar-refractivity contribution in [2.75, 3.05) is 12.4 Å². The molecule has 2 atom stereocenters. The van der Waals surface area contributed by atoms with E-state index in [1.165, 1.54) is 0 Å². The van der Waals surface area contributed by atoms with Crippen LogP contribution in [0.3, 0.4) is 0 Å². The second-order valence-corrected chi connectivity index (χ2v) is 5.57. The number of carbonyl (C=O) groups excluding carboxylic acids is 2. The van der Waals surface area contributed by atoms with Gasteiger partial charge in [-0.05, 0) is 38.1 Å². The molecule has 24 heavy (non-hydrogen) atoms. The summed E-state index contributed by atoms with van der Waals surface area (Å²) in [5.41, 5.74) is 1.47. The monoisotopic (exact) mass is 326 g/mol. The van der Waals surface area contributed by atoms with Crippen molar-refractivity contribution in [3.8, 4) is 0 Å². The van der Waals surface area contributed by atoms with Gasteiger partial charge >= 0.3 is 6.03 Å². The van der Waals surface area contributed by atoms with E-state index in [1.54, 1.807) is 37.2 Å². The molecule has 0 radical (unpaired) electrons. The number of amides is 3. The number of carbonyl (C=O) groups is 2. The van der Waals surface area contributed by atoms with E-state index in [2.05, 4.69) is 15.6 Å². The average molecular weight is 326 g/mol. The van der Waals surface area contributed by atoms with Crippen LogP contribution in [0.5, 0.6) is 0 Å². The highest BCUT2D eigenvalue weighted by Crippen LogP contribution is 2.16. The Morgan fingerprint density at radius 2 is 1.71 bits per heavy atom. The van der Waals surface area contributed by atoms with Crippen molar-refractivity contribution in [2.24, 2.45) is 0 Å². The van der Waals surface area contributed by atoms with Crippen molar-refractivity contribution < 1.29 is 9.59 Å². The fraction of sp³-hybridized carbons (Fsp3) is 0.278. The molecule has 3 amide bonds. The summed E-state index contributed by atoms with van der Waals surface area (Å²) in [6.07, 6.45) is 1.69. The number of aromatic nitrogens is 1. The minimum absolute atomic E-state index is 0.180. The second kappa shape index (κ2) is 8.10. The maximum atomic E-state index is 12.5. The van der Waals surface area contributed by atoms with Gasteiger partial charge in [-0.1, -0.05) is 24.3 Å². The van der Waals surface area contributed by atoms with E-state index in [4.69, 9.17) is 0 Å². The summed E-state index contributed by atoms with van der Waals surface area (Å²) in [7, 11) is 1.70. The number of benzene rings is 1. The molecule has 1 heterocycles. The number of pyridine rings is 1.